The van der Waals surface area contributed by atoms with Gasteiger partial charge >= 0.3 is 12.4 Å². The van der Waals surface area contributed by atoms with Crippen LogP contribution in [0.3, 0.4) is 0 Å². The van der Waals surface area contributed by atoms with Gasteiger partial charge in [-0.2, -0.15) is 37.4 Å². The van der Waals surface area contributed by atoms with Gasteiger partial charge in [0.25, 0.3) is 0 Å². The summed E-state index contributed by atoms with van der Waals surface area (Å²) in [5, 5.41) is 1.33. The summed E-state index contributed by atoms with van der Waals surface area (Å²) in [6.45, 7) is 7.84. The van der Waals surface area contributed by atoms with E-state index in [0.717, 1.165) is 49.9 Å². The van der Waals surface area contributed by atoms with Crippen LogP contribution < -0.4 is 10.6 Å². The Balaban J connectivity index is 1.73. The lowest BCUT2D eigenvalue weighted by Crippen LogP contribution is -2.32. The fourth-order valence-corrected chi connectivity index (χ4v) is 15.1. The minimum atomic E-state index is -4.50. The van der Waals surface area contributed by atoms with Crippen LogP contribution in [0.4, 0.5) is 26.3 Å². The molecule has 0 saturated carbocycles. The van der Waals surface area contributed by atoms with Crippen LogP contribution in [-0.2, 0) is 12.4 Å². The van der Waals surface area contributed by atoms with E-state index in [1.54, 1.807) is 0 Å². The van der Waals surface area contributed by atoms with Gasteiger partial charge in [-0.05, 0) is 72.7 Å². The first-order valence-corrected chi connectivity index (χ1v) is 18.1. The molecule has 5 rings (SSSR count). The number of alkyl halides is 6. The van der Waals surface area contributed by atoms with Gasteiger partial charge in [0.2, 0.25) is 0 Å². The predicted molar refractivity (Wildman–Crippen MR) is 171 cm³/mol. The Morgan fingerprint density at radius 2 is 1.05 bits per heavy atom. The molecule has 0 unspecified atom stereocenters. The SMILES string of the molecule is [CH2-][P+]1(N(CCCC)P(c2ccc(C(F)(F)F)cc2)c2ccc(C(F)(F)F)cc2)[C@@H](c2ccccc2)CC[C@@H]1c1ccccc1. The first-order chi connectivity index (χ1) is 20.9. The summed E-state index contributed by atoms with van der Waals surface area (Å²) in [6, 6.07) is 30.8. The molecule has 0 amide bonds. The summed E-state index contributed by atoms with van der Waals surface area (Å²) in [4.78, 5) is 0. The monoisotopic (exact) mass is 645 g/mol. The van der Waals surface area contributed by atoms with Gasteiger partial charge in [0, 0.05) is 6.54 Å². The Kier molecular flexibility index (Phi) is 9.90. The van der Waals surface area contributed by atoms with Gasteiger partial charge in [-0.25, -0.2) is 0 Å². The van der Waals surface area contributed by atoms with Gasteiger partial charge in [0.15, 0.2) is 0 Å². The van der Waals surface area contributed by atoms with Gasteiger partial charge in [-0.3, -0.25) is 0 Å². The molecule has 232 valence electrons. The third-order valence-corrected chi connectivity index (χ3v) is 16.5. The van der Waals surface area contributed by atoms with Crippen molar-refractivity contribution in [2.45, 2.75) is 56.3 Å². The van der Waals surface area contributed by atoms with Crippen molar-refractivity contribution in [1.29, 1.82) is 0 Å². The van der Waals surface area contributed by atoms with Crippen LogP contribution >= 0.6 is 15.5 Å². The minimum absolute atomic E-state index is 0.0969. The zero-order valence-corrected chi connectivity index (χ0v) is 26.2. The van der Waals surface area contributed by atoms with E-state index in [1.807, 2.05) is 36.4 Å². The average Bonchev–Trinajstić information content (AvgIpc) is 3.37. The molecular weight excluding hydrogens is 610 g/mol. The lowest BCUT2D eigenvalue weighted by atomic mass is 10.0. The second-order valence-corrected chi connectivity index (χ2v) is 17.1. The molecule has 0 spiro atoms. The second-order valence-electron chi connectivity index (χ2n) is 11.2. The van der Waals surface area contributed by atoms with Crippen LogP contribution in [0.1, 0.15) is 66.2 Å². The van der Waals surface area contributed by atoms with Crippen molar-refractivity contribution in [3.8, 4) is 0 Å². The van der Waals surface area contributed by atoms with Crippen LogP contribution in [-0.4, -0.2) is 11.0 Å². The maximum atomic E-state index is 13.6. The molecule has 1 heterocycles. The molecule has 0 aliphatic carbocycles. The van der Waals surface area contributed by atoms with Crippen molar-refractivity contribution in [3.63, 3.8) is 0 Å². The van der Waals surface area contributed by atoms with Crippen molar-refractivity contribution >= 4 is 26.1 Å². The number of hydrogen-bond acceptors (Lipinski definition) is 1. The number of unbranched alkanes of at least 4 members (excludes halogenated alkanes) is 1. The van der Waals surface area contributed by atoms with E-state index < -0.39 is 39.0 Å². The third kappa shape index (κ3) is 6.76. The van der Waals surface area contributed by atoms with E-state index in [2.05, 4.69) is 35.6 Å². The third-order valence-electron chi connectivity index (χ3n) is 8.41. The molecule has 2 atom stereocenters. The normalized spacial score (nSPS) is 18.7. The van der Waals surface area contributed by atoms with Crippen molar-refractivity contribution in [3.05, 3.63) is 138 Å². The number of halogens is 6. The Morgan fingerprint density at radius 3 is 1.39 bits per heavy atom. The van der Waals surface area contributed by atoms with Crippen LogP contribution in [0.2, 0.25) is 0 Å². The lowest BCUT2D eigenvalue weighted by Gasteiger charge is -2.49. The van der Waals surface area contributed by atoms with Gasteiger partial charge in [0.05, 0.1) is 30.5 Å². The number of hydrogen-bond donors (Lipinski definition) is 0. The largest absolute Gasteiger partial charge is 0.416 e. The van der Waals surface area contributed by atoms with E-state index in [0.29, 0.717) is 17.2 Å². The molecule has 1 nitrogen and oxygen atoms in total. The smallest absolute Gasteiger partial charge is 0.179 e. The number of nitrogens with zero attached hydrogens (tertiary/aromatic N) is 1. The molecule has 1 aliphatic rings. The van der Waals surface area contributed by atoms with Crippen molar-refractivity contribution in [2.24, 2.45) is 0 Å². The standard InChI is InChI=1S/C35H35F6NP2/c1-3-4-25-42(44(2)32(26-11-7-5-8-12-26)23-24-33(44)27-13-9-6-10-14-27)43(30-19-15-28(16-20-30)34(36,37)38)31-21-17-29(18-22-31)35(39,40)41/h5-22,32-33H,2-4,23-25H2,1H3/t32-,33-/m1/s1. The maximum absolute atomic E-state index is 13.6. The summed E-state index contributed by atoms with van der Waals surface area (Å²) in [5.41, 5.74) is 1.02. The van der Waals surface area contributed by atoms with E-state index in [-0.39, 0.29) is 11.3 Å². The summed E-state index contributed by atoms with van der Waals surface area (Å²) in [5.74, 6) is 0. The average molecular weight is 646 g/mol. The van der Waals surface area contributed by atoms with Gasteiger partial charge in [-0.1, -0.05) is 98.3 Å². The zero-order chi connectivity index (χ0) is 31.5. The fourth-order valence-electron chi connectivity index (χ4n) is 6.25. The predicted octanol–water partition coefficient (Wildman–Crippen LogP) is 11.2. The molecule has 1 fully saturated rings. The van der Waals surface area contributed by atoms with Crippen molar-refractivity contribution in [1.82, 2.24) is 4.44 Å². The highest BCUT2D eigenvalue weighted by Gasteiger charge is 2.55. The molecule has 4 aromatic rings. The minimum Gasteiger partial charge on any atom is -0.179 e. The summed E-state index contributed by atoms with van der Waals surface area (Å²) >= 11 is 0. The van der Waals surface area contributed by atoms with Crippen molar-refractivity contribution < 1.29 is 26.3 Å². The van der Waals surface area contributed by atoms with Gasteiger partial charge in [0.1, 0.15) is 0 Å². The maximum Gasteiger partial charge on any atom is 0.416 e. The van der Waals surface area contributed by atoms with E-state index >= 15 is 0 Å². The van der Waals surface area contributed by atoms with Crippen LogP contribution in [0.25, 0.3) is 0 Å². The Morgan fingerprint density at radius 1 is 0.659 bits per heavy atom. The highest BCUT2D eigenvalue weighted by molar-refractivity contribution is 7.87. The molecule has 0 N–H and O–H groups in total. The molecule has 1 saturated heterocycles. The quantitative estimate of drug-likeness (QED) is 0.0995. The highest BCUT2D eigenvalue weighted by Crippen LogP contribution is 2.88. The van der Waals surface area contributed by atoms with Crippen molar-refractivity contribution in [2.75, 3.05) is 6.54 Å². The lowest BCUT2D eigenvalue weighted by molar-refractivity contribution is -0.138. The number of rotatable bonds is 9. The van der Waals surface area contributed by atoms with E-state index in [4.69, 9.17) is 6.66 Å². The zero-order valence-electron chi connectivity index (χ0n) is 24.4. The first-order valence-electron chi connectivity index (χ1n) is 14.7. The second kappa shape index (κ2) is 13.3. The molecule has 0 bridgehead atoms. The van der Waals surface area contributed by atoms with Crippen LogP contribution in [0, 0.1) is 6.66 Å². The number of benzene rings is 4. The Bertz CT molecular complexity index is 1380. The molecule has 1 aliphatic heterocycles. The Hall–Kier alpha value is -2.72. The van der Waals surface area contributed by atoms with Crippen LogP contribution in [0.15, 0.2) is 109 Å². The summed E-state index contributed by atoms with van der Waals surface area (Å²) in [6.07, 6.45) is -5.51. The molecule has 44 heavy (non-hydrogen) atoms. The van der Waals surface area contributed by atoms with E-state index in [9.17, 15) is 26.3 Å². The van der Waals surface area contributed by atoms with E-state index in [1.165, 1.54) is 35.4 Å². The first kappa shape index (κ1) is 32.7. The fraction of sp³-hybridized carbons (Fsp3) is 0.286. The highest BCUT2D eigenvalue weighted by atomic mass is 31.2. The van der Waals surface area contributed by atoms with Gasteiger partial charge in [-0.15, -0.1) is 0 Å². The summed E-state index contributed by atoms with van der Waals surface area (Å²) < 4.78 is 84.0. The van der Waals surface area contributed by atoms with Gasteiger partial charge < -0.3 is 0 Å². The molecule has 9 heteroatoms. The topological polar surface area (TPSA) is 3.24 Å². The molecule has 4 aromatic carbocycles. The van der Waals surface area contributed by atoms with Crippen LogP contribution in [0.5, 0.6) is 0 Å². The molecule has 0 radical (unpaired) electrons. The summed E-state index contributed by atoms with van der Waals surface area (Å²) in [7, 11) is -3.96. The Labute approximate surface area is 257 Å². The molecular formula is C35H35F6NP2. The molecule has 0 aromatic heterocycles.